The van der Waals surface area contributed by atoms with E-state index in [1.54, 1.807) is 23.7 Å². The van der Waals surface area contributed by atoms with Crippen molar-refractivity contribution in [3.63, 3.8) is 0 Å². The number of anilines is 1. The molecule has 6 heteroatoms. The smallest absolute Gasteiger partial charge is 0.164 e. The molecule has 3 aromatic heterocycles. The molecule has 0 radical (unpaired) electrons. The van der Waals surface area contributed by atoms with Gasteiger partial charge in [0.25, 0.3) is 0 Å². The monoisotopic (exact) mass is 338 g/mol. The van der Waals surface area contributed by atoms with Gasteiger partial charge >= 0.3 is 0 Å². The number of fused-ring (bicyclic) bond motifs is 1. The van der Waals surface area contributed by atoms with Gasteiger partial charge in [-0.1, -0.05) is 12.2 Å². The molecule has 1 unspecified atom stereocenters. The molecule has 0 saturated heterocycles. The Morgan fingerprint density at radius 3 is 2.96 bits per heavy atom. The Labute approximate surface area is 144 Å². The fourth-order valence-electron chi connectivity index (χ4n) is 3.03. The Kier molecular flexibility index (Phi) is 3.78. The second kappa shape index (κ2) is 5.96. The van der Waals surface area contributed by atoms with E-state index >= 15 is 0 Å². The van der Waals surface area contributed by atoms with Crippen LogP contribution in [0.25, 0.3) is 21.6 Å². The summed E-state index contributed by atoms with van der Waals surface area (Å²) in [5.74, 6) is 1.57. The van der Waals surface area contributed by atoms with Crippen molar-refractivity contribution in [3.05, 3.63) is 47.1 Å². The first-order chi connectivity index (χ1) is 11.7. The first kappa shape index (κ1) is 15.2. The van der Waals surface area contributed by atoms with Crippen LogP contribution in [-0.4, -0.2) is 39.3 Å². The molecule has 0 saturated carbocycles. The van der Waals surface area contributed by atoms with Gasteiger partial charge in [-0.2, -0.15) is 0 Å². The highest BCUT2D eigenvalue weighted by Gasteiger charge is 2.25. The number of aromatic nitrogens is 3. The molecule has 1 N–H and O–H groups in total. The van der Waals surface area contributed by atoms with Crippen LogP contribution in [0.5, 0.6) is 0 Å². The molecule has 24 heavy (non-hydrogen) atoms. The summed E-state index contributed by atoms with van der Waals surface area (Å²) in [6.45, 7) is 5.05. The zero-order chi connectivity index (χ0) is 16.7. The summed E-state index contributed by atoms with van der Waals surface area (Å²) in [7, 11) is 0. The van der Waals surface area contributed by atoms with Gasteiger partial charge in [-0.15, -0.1) is 11.3 Å². The molecule has 0 aromatic carbocycles. The SMILES string of the molecule is Cc1sc2nc(-c3cccnc3)nc(N3CC=CC3CO)c2c1C. The number of thiophene rings is 1. The molecule has 3 aromatic rings. The van der Waals surface area contributed by atoms with Crippen LogP contribution in [0.4, 0.5) is 5.82 Å². The highest BCUT2D eigenvalue weighted by Crippen LogP contribution is 2.37. The maximum atomic E-state index is 9.69. The third-order valence-corrected chi connectivity index (χ3v) is 5.55. The summed E-state index contributed by atoms with van der Waals surface area (Å²) in [5.41, 5.74) is 2.11. The normalized spacial score (nSPS) is 17.1. The third-order valence-electron chi connectivity index (χ3n) is 4.45. The van der Waals surface area contributed by atoms with E-state index < -0.39 is 0 Å². The van der Waals surface area contributed by atoms with Crippen LogP contribution in [0, 0.1) is 13.8 Å². The van der Waals surface area contributed by atoms with Crippen molar-refractivity contribution in [1.82, 2.24) is 15.0 Å². The highest BCUT2D eigenvalue weighted by molar-refractivity contribution is 7.18. The van der Waals surface area contributed by atoms with Crippen molar-refractivity contribution in [2.75, 3.05) is 18.1 Å². The van der Waals surface area contributed by atoms with Crippen LogP contribution in [0.3, 0.4) is 0 Å². The van der Waals surface area contributed by atoms with Crippen LogP contribution in [0.2, 0.25) is 0 Å². The van der Waals surface area contributed by atoms with Crippen LogP contribution < -0.4 is 4.90 Å². The van der Waals surface area contributed by atoms with Gasteiger partial charge in [0.2, 0.25) is 0 Å². The Morgan fingerprint density at radius 1 is 1.33 bits per heavy atom. The average molecular weight is 338 g/mol. The number of aliphatic hydroxyl groups is 1. The lowest BCUT2D eigenvalue weighted by molar-refractivity contribution is 0.282. The number of hydrogen-bond acceptors (Lipinski definition) is 6. The van der Waals surface area contributed by atoms with Crippen molar-refractivity contribution in [1.29, 1.82) is 0 Å². The van der Waals surface area contributed by atoms with Gasteiger partial charge in [-0.25, -0.2) is 9.97 Å². The highest BCUT2D eigenvalue weighted by atomic mass is 32.1. The van der Waals surface area contributed by atoms with Crippen molar-refractivity contribution in [2.45, 2.75) is 19.9 Å². The lowest BCUT2D eigenvalue weighted by atomic mass is 10.1. The second-order valence-corrected chi connectivity index (χ2v) is 7.11. The topological polar surface area (TPSA) is 62.1 Å². The number of pyridine rings is 1. The van der Waals surface area contributed by atoms with Gasteiger partial charge < -0.3 is 10.0 Å². The standard InChI is InChI=1S/C18H18N4OS/c1-11-12(2)24-18-15(11)17(22-8-4-6-14(22)10-23)20-16(21-18)13-5-3-7-19-9-13/h3-7,9,14,23H,8,10H2,1-2H3. The number of hydrogen-bond donors (Lipinski definition) is 1. The van der Waals surface area contributed by atoms with Crippen molar-refractivity contribution >= 4 is 27.4 Å². The zero-order valence-corrected chi connectivity index (χ0v) is 14.4. The largest absolute Gasteiger partial charge is 0.394 e. The van der Waals surface area contributed by atoms with Gasteiger partial charge in [-0.3, -0.25) is 4.98 Å². The molecule has 0 fully saturated rings. The predicted octanol–water partition coefficient (Wildman–Crippen LogP) is 3.11. The summed E-state index contributed by atoms with van der Waals surface area (Å²) < 4.78 is 0. The molecule has 5 nitrogen and oxygen atoms in total. The van der Waals surface area contributed by atoms with E-state index in [1.165, 1.54) is 10.4 Å². The minimum absolute atomic E-state index is 0.0375. The molecule has 0 aliphatic carbocycles. The quantitative estimate of drug-likeness (QED) is 0.744. The molecule has 4 heterocycles. The van der Waals surface area contributed by atoms with E-state index in [2.05, 4.69) is 29.8 Å². The Bertz CT molecular complexity index is 920. The zero-order valence-electron chi connectivity index (χ0n) is 13.6. The minimum atomic E-state index is -0.0375. The van der Waals surface area contributed by atoms with Crippen LogP contribution in [0.15, 0.2) is 36.7 Å². The summed E-state index contributed by atoms with van der Waals surface area (Å²) in [6, 6.07) is 3.82. The van der Waals surface area contributed by atoms with Gasteiger partial charge in [0.05, 0.1) is 18.0 Å². The Morgan fingerprint density at radius 2 is 2.21 bits per heavy atom. The van der Waals surface area contributed by atoms with Gasteiger partial charge in [-0.05, 0) is 31.5 Å². The molecule has 122 valence electrons. The van der Waals surface area contributed by atoms with E-state index in [9.17, 15) is 5.11 Å². The summed E-state index contributed by atoms with van der Waals surface area (Å²) in [5, 5.41) is 10.8. The van der Waals surface area contributed by atoms with E-state index in [4.69, 9.17) is 9.97 Å². The van der Waals surface area contributed by atoms with Crippen LogP contribution in [0.1, 0.15) is 10.4 Å². The molecule has 1 aliphatic rings. The number of nitrogens with zero attached hydrogens (tertiary/aromatic N) is 4. The first-order valence-corrected chi connectivity index (χ1v) is 8.73. The van der Waals surface area contributed by atoms with Crippen molar-refractivity contribution < 1.29 is 5.11 Å². The number of aliphatic hydroxyl groups excluding tert-OH is 1. The average Bonchev–Trinajstić information content (AvgIpc) is 3.20. The lowest BCUT2D eigenvalue weighted by Crippen LogP contribution is -2.33. The lowest BCUT2D eigenvalue weighted by Gasteiger charge is -2.25. The summed E-state index contributed by atoms with van der Waals surface area (Å²) in [4.78, 5) is 18.2. The first-order valence-electron chi connectivity index (χ1n) is 7.91. The van der Waals surface area contributed by atoms with E-state index in [0.717, 1.165) is 28.1 Å². The third kappa shape index (κ3) is 2.39. The maximum absolute atomic E-state index is 9.69. The second-order valence-electron chi connectivity index (χ2n) is 5.91. The molecule has 0 bridgehead atoms. The number of aryl methyl sites for hydroxylation is 2. The molecular formula is C18H18N4OS. The molecular weight excluding hydrogens is 320 g/mol. The van der Waals surface area contributed by atoms with E-state index in [0.29, 0.717) is 5.82 Å². The predicted molar refractivity (Wildman–Crippen MR) is 97.5 cm³/mol. The van der Waals surface area contributed by atoms with Gasteiger partial charge in [0, 0.05) is 29.4 Å². The molecule has 1 atom stereocenters. The Balaban J connectivity index is 1.96. The molecule has 0 amide bonds. The molecule has 4 rings (SSSR count). The van der Waals surface area contributed by atoms with Crippen LogP contribution in [-0.2, 0) is 0 Å². The van der Waals surface area contributed by atoms with Gasteiger partial charge in [0.1, 0.15) is 10.6 Å². The van der Waals surface area contributed by atoms with E-state index in [-0.39, 0.29) is 12.6 Å². The summed E-state index contributed by atoms with van der Waals surface area (Å²) >= 11 is 1.69. The fourth-order valence-corrected chi connectivity index (χ4v) is 4.06. The molecule has 1 aliphatic heterocycles. The van der Waals surface area contributed by atoms with Crippen molar-refractivity contribution in [2.24, 2.45) is 0 Å². The molecule has 0 spiro atoms. The van der Waals surface area contributed by atoms with Crippen molar-refractivity contribution in [3.8, 4) is 11.4 Å². The maximum Gasteiger partial charge on any atom is 0.164 e. The number of rotatable bonds is 3. The fraction of sp³-hybridized carbons (Fsp3) is 0.278. The summed E-state index contributed by atoms with van der Waals surface area (Å²) in [6.07, 6.45) is 7.64. The van der Waals surface area contributed by atoms with Crippen LogP contribution >= 0.6 is 11.3 Å². The van der Waals surface area contributed by atoms with Gasteiger partial charge in [0.15, 0.2) is 5.82 Å². The minimum Gasteiger partial charge on any atom is -0.394 e. The van der Waals surface area contributed by atoms with E-state index in [1.807, 2.05) is 18.2 Å². The Hall–Kier alpha value is -2.31.